The third kappa shape index (κ3) is 2.88. The summed E-state index contributed by atoms with van der Waals surface area (Å²) in [5, 5.41) is 12.7. The summed E-state index contributed by atoms with van der Waals surface area (Å²) in [6.45, 7) is 0.802. The predicted molar refractivity (Wildman–Crippen MR) is 83.9 cm³/mol. The molecule has 0 aliphatic heterocycles. The molecule has 0 bridgehead atoms. The molecule has 3 aromatic rings. The van der Waals surface area contributed by atoms with Crippen LogP contribution in [-0.2, 0) is 0 Å². The van der Waals surface area contributed by atoms with E-state index in [9.17, 15) is 0 Å². The number of nitrogens with two attached hydrogens (primary N) is 1. The molecule has 0 spiro atoms. The van der Waals surface area contributed by atoms with Crippen molar-refractivity contribution in [3.63, 3.8) is 0 Å². The molecule has 120 valence electrons. The van der Waals surface area contributed by atoms with Crippen LogP contribution in [0, 0.1) is 0 Å². The summed E-state index contributed by atoms with van der Waals surface area (Å²) in [4.78, 5) is 0. The molecule has 23 heavy (non-hydrogen) atoms. The van der Waals surface area contributed by atoms with Crippen LogP contribution in [0.5, 0.6) is 17.4 Å². The predicted octanol–water partition coefficient (Wildman–Crippen LogP) is 1.15. The molecule has 0 aliphatic carbocycles. The van der Waals surface area contributed by atoms with Gasteiger partial charge < -0.3 is 19.9 Å². The van der Waals surface area contributed by atoms with Gasteiger partial charge in [0.15, 0.2) is 11.5 Å². The van der Waals surface area contributed by atoms with E-state index in [-0.39, 0.29) is 0 Å². The molecule has 0 aliphatic rings. The largest absolute Gasteiger partial charge is 0.497 e. The van der Waals surface area contributed by atoms with Gasteiger partial charge in [-0.25, -0.2) is 0 Å². The van der Waals surface area contributed by atoms with Crippen molar-refractivity contribution in [1.82, 2.24) is 19.8 Å². The molecule has 0 saturated heterocycles. The Labute approximate surface area is 132 Å². The van der Waals surface area contributed by atoms with Crippen molar-refractivity contribution < 1.29 is 14.2 Å². The normalized spacial score (nSPS) is 10.7. The van der Waals surface area contributed by atoms with Crippen molar-refractivity contribution >= 4 is 5.65 Å². The monoisotopic (exact) mass is 315 g/mol. The van der Waals surface area contributed by atoms with Gasteiger partial charge in [-0.3, -0.25) is 0 Å². The molecule has 1 aromatic carbocycles. The number of ether oxygens (including phenoxy) is 3. The van der Waals surface area contributed by atoms with E-state index in [0.29, 0.717) is 42.0 Å². The van der Waals surface area contributed by atoms with E-state index in [2.05, 4.69) is 15.3 Å². The molecular weight excluding hydrogens is 298 g/mol. The smallest absolute Gasteiger partial charge is 0.231 e. The number of methoxy groups -OCH3 is 2. The van der Waals surface area contributed by atoms with E-state index in [1.807, 2.05) is 18.2 Å². The minimum atomic E-state index is 0.387. The lowest BCUT2D eigenvalue weighted by molar-refractivity contribution is 0.310. The van der Waals surface area contributed by atoms with Crippen molar-refractivity contribution in [3.8, 4) is 28.8 Å². The fourth-order valence-corrected chi connectivity index (χ4v) is 2.17. The number of benzene rings is 1. The van der Waals surface area contributed by atoms with Crippen molar-refractivity contribution in [2.75, 3.05) is 27.4 Å². The molecule has 2 N–H and O–H groups in total. The molecule has 2 aromatic heterocycles. The van der Waals surface area contributed by atoms with Crippen LogP contribution in [0.25, 0.3) is 17.0 Å². The van der Waals surface area contributed by atoms with E-state index < -0.39 is 0 Å². The van der Waals surface area contributed by atoms with Gasteiger partial charge in [0, 0.05) is 12.6 Å². The second-order valence-electron chi connectivity index (χ2n) is 4.67. The van der Waals surface area contributed by atoms with Gasteiger partial charge in [-0.1, -0.05) is 0 Å². The summed E-state index contributed by atoms with van der Waals surface area (Å²) < 4.78 is 17.7. The minimum absolute atomic E-state index is 0.387. The zero-order valence-electron chi connectivity index (χ0n) is 12.9. The van der Waals surface area contributed by atoms with Gasteiger partial charge >= 0.3 is 0 Å². The maximum atomic E-state index is 5.46. The Hall–Kier alpha value is -2.87. The number of aromatic nitrogens is 4. The first kappa shape index (κ1) is 15.0. The van der Waals surface area contributed by atoms with Gasteiger partial charge in [0.1, 0.15) is 18.1 Å². The molecule has 0 fully saturated rings. The summed E-state index contributed by atoms with van der Waals surface area (Å²) in [6, 6.07) is 8.96. The zero-order valence-corrected chi connectivity index (χ0v) is 12.9. The lowest BCUT2D eigenvalue weighted by Gasteiger charge is -2.09. The van der Waals surface area contributed by atoms with Crippen LogP contribution < -0.4 is 19.9 Å². The van der Waals surface area contributed by atoms with Crippen molar-refractivity contribution in [1.29, 1.82) is 0 Å². The molecule has 0 saturated carbocycles. The fourth-order valence-electron chi connectivity index (χ4n) is 2.17. The molecular formula is C15H17N5O3. The first-order valence-corrected chi connectivity index (χ1v) is 7.04. The number of nitrogens with zero attached hydrogens (tertiary/aromatic N) is 4. The second-order valence-corrected chi connectivity index (χ2v) is 4.67. The second kappa shape index (κ2) is 6.49. The molecule has 8 heteroatoms. The zero-order chi connectivity index (χ0) is 16.2. The minimum Gasteiger partial charge on any atom is -0.497 e. The number of hydrogen-bond donors (Lipinski definition) is 1. The Morgan fingerprint density at radius 1 is 1.09 bits per heavy atom. The van der Waals surface area contributed by atoms with Gasteiger partial charge in [-0.15, -0.1) is 15.3 Å². The molecule has 0 radical (unpaired) electrons. The quantitative estimate of drug-likeness (QED) is 0.728. The van der Waals surface area contributed by atoms with E-state index in [1.54, 1.807) is 30.9 Å². The number of fused-ring (bicyclic) bond motifs is 1. The Morgan fingerprint density at radius 2 is 1.96 bits per heavy atom. The highest BCUT2D eigenvalue weighted by Gasteiger charge is 2.16. The Kier molecular flexibility index (Phi) is 4.24. The van der Waals surface area contributed by atoms with Crippen LogP contribution in [0.15, 0.2) is 30.3 Å². The van der Waals surface area contributed by atoms with Crippen LogP contribution in [0.1, 0.15) is 0 Å². The summed E-state index contributed by atoms with van der Waals surface area (Å²) in [6.07, 6.45) is 0. The van der Waals surface area contributed by atoms with Crippen LogP contribution >= 0.6 is 0 Å². The Balaban J connectivity index is 2.12. The van der Waals surface area contributed by atoms with Crippen molar-refractivity contribution in [2.45, 2.75) is 0 Å². The Morgan fingerprint density at radius 3 is 2.70 bits per heavy atom. The average molecular weight is 315 g/mol. The van der Waals surface area contributed by atoms with Crippen LogP contribution in [0.3, 0.4) is 0 Å². The van der Waals surface area contributed by atoms with Crippen molar-refractivity contribution in [2.24, 2.45) is 5.73 Å². The van der Waals surface area contributed by atoms with Crippen LogP contribution in [-0.4, -0.2) is 47.2 Å². The first-order chi connectivity index (χ1) is 11.3. The molecule has 0 atom stereocenters. The van der Waals surface area contributed by atoms with Gasteiger partial charge in [0.25, 0.3) is 0 Å². The maximum Gasteiger partial charge on any atom is 0.231 e. The van der Waals surface area contributed by atoms with Crippen LogP contribution in [0.2, 0.25) is 0 Å². The topological polar surface area (TPSA) is 96.8 Å². The molecule has 8 nitrogen and oxygen atoms in total. The lowest BCUT2D eigenvalue weighted by atomic mass is 10.2. The summed E-state index contributed by atoms with van der Waals surface area (Å²) >= 11 is 0. The first-order valence-electron chi connectivity index (χ1n) is 7.04. The number of hydrogen-bond acceptors (Lipinski definition) is 7. The molecule has 0 amide bonds. The lowest BCUT2D eigenvalue weighted by Crippen LogP contribution is -2.12. The van der Waals surface area contributed by atoms with Gasteiger partial charge in [-0.2, -0.15) is 4.52 Å². The van der Waals surface area contributed by atoms with E-state index in [4.69, 9.17) is 19.9 Å². The molecule has 0 unspecified atom stereocenters. The van der Waals surface area contributed by atoms with Crippen LogP contribution in [0.4, 0.5) is 0 Å². The average Bonchev–Trinajstić information content (AvgIpc) is 3.02. The molecule has 2 heterocycles. The highest BCUT2D eigenvalue weighted by Crippen LogP contribution is 2.32. The van der Waals surface area contributed by atoms with Crippen molar-refractivity contribution in [3.05, 3.63) is 30.3 Å². The van der Waals surface area contributed by atoms with E-state index in [1.165, 1.54) is 0 Å². The molecule has 3 rings (SSSR count). The highest BCUT2D eigenvalue weighted by molar-refractivity contribution is 5.68. The third-order valence-corrected chi connectivity index (χ3v) is 3.25. The fraction of sp³-hybridized carbons (Fsp3) is 0.267. The van der Waals surface area contributed by atoms with E-state index in [0.717, 1.165) is 5.56 Å². The standard InChI is InChI=1S/C15H17N5O3/c1-21-10-3-4-12(22-2)11(9-10)15-18-17-13-5-6-14(19-20(13)15)23-8-7-16/h3-6,9H,7-8,16H2,1-2H3. The third-order valence-electron chi connectivity index (χ3n) is 3.25. The number of rotatable bonds is 6. The van der Waals surface area contributed by atoms with Gasteiger partial charge in [0.2, 0.25) is 5.88 Å². The summed E-state index contributed by atoms with van der Waals surface area (Å²) in [5.74, 6) is 2.32. The summed E-state index contributed by atoms with van der Waals surface area (Å²) in [7, 11) is 3.20. The summed E-state index contributed by atoms with van der Waals surface area (Å²) in [5.41, 5.74) is 6.77. The van der Waals surface area contributed by atoms with Gasteiger partial charge in [-0.05, 0) is 24.3 Å². The SMILES string of the molecule is COc1ccc(OC)c(-c2nnc3ccc(OCCN)nn23)c1. The maximum absolute atomic E-state index is 5.46. The van der Waals surface area contributed by atoms with E-state index >= 15 is 0 Å². The highest BCUT2D eigenvalue weighted by atomic mass is 16.5. The Bertz CT molecular complexity index is 818. The van der Waals surface area contributed by atoms with Gasteiger partial charge in [0.05, 0.1) is 19.8 Å².